The van der Waals surface area contributed by atoms with Crippen LogP contribution in [0, 0.1) is 0 Å². The minimum atomic E-state index is -0.435. The van der Waals surface area contributed by atoms with Gasteiger partial charge < -0.3 is 24.8 Å². The molecule has 0 aliphatic carbocycles. The fourth-order valence-electron chi connectivity index (χ4n) is 3.21. The predicted molar refractivity (Wildman–Crippen MR) is 122 cm³/mol. The maximum Gasteiger partial charge on any atom is 0.338 e. The van der Waals surface area contributed by atoms with Gasteiger partial charge in [0, 0.05) is 15.7 Å². The second-order valence-electron chi connectivity index (χ2n) is 6.60. The molecule has 0 radical (unpaired) electrons. The van der Waals surface area contributed by atoms with Crippen molar-refractivity contribution in [2.45, 2.75) is 26.5 Å². The van der Waals surface area contributed by atoms with Crippen molar-refractivity contribution in [3.05, 3.63) is 69.3 Å². The Kier molecular flexibility index (Phi) is 7.33. The number of hydrogen-bond donors (Lipinski definition) is 2. The molecule has 2 aromatic rings. The smallest absolute Gasteiger partial charge is 0.338 e. The molecular formula is C22H23BrN2O4S. The van der Waals surface area contributed by atoms with Gasteiger partial charge in [-0.15, -0.1) is 0 Å². The zero-order chi connectivity index (χ0) is 21.7. The van der Waals surface area contributed by atoms with Crippen LogP contribution in [0.5, 0.6) is 11.5 Å². The molecular weight excluding hydrogens is 468 g/mol. The number of ether oxygens (including phenoxy) is 3. The molecule has 0 aromatic heterocycles. The van der Waals surface area contributed by atoms with Crippen LogP contribution < -0.4 is 20.1 Å². The molecule has 0 saturated carbocycles. The fourth-order valence-corrected chi connectivity index (χ4v) is 3.74. The Morgan fingerprint density at radius 3 is 2.60 bits per heavy atom. The van der Waals surface area contributed by atoms with Gasteiger partial charge in [0.2, 0.25) is 0 Å². The Bertz CT molecular complexity index is 976. The highest BCUT2D eigenvalue weighted by Gasteiger charge is 2.31. The van der Waals surface area contributed by atoms with Crippen LogP contribution in [0.3, 0.4) is 0 Å². The molecule has 1 atom stereocenters. The van der Waals surface area contributed by atoms with Gasteiger partial charge in [0.25, 0.3) is 0 Å². The topological polar surface area (TPSA) is 68.8 Å². The molecule has 1 heterocycles. The van der Waals surface area contributed by atoms with E-state index >= 15 is 0 Å². The van der Waals surface area contributed by atoms with E-state index in [1.54, 1.807) is 14.0 Å². The molecule has 6 nitrogen and oxygen atoms in total. The molecule has 8 heteroatoms. The minimum Gasteiger partial charge on any atom is -0.496 e. The second kappa shape index (κ2) is 9.95. The predicted octanol–water partition coefficient (Wildman–Crippen LogP) is 4.39. The lowest BCUT2D eigenvalue weighted by molar-refractivity contribution is -0.139. The van der Waals surface area contributed by atoms with Crippen LogP contribution in [0.2, 0.25) is 0 Å². The summed E-state index contributed by atoms with van der Waals surface area (Å²) < 4.78 is 17.7. The Balaban J connectivity index is 1.91. The SMILES string of the molecule is CCOC(=O)C1=C(C)NC(=S)N[C@H]1c1ccc(OC)c(COc2ccc(Br)cc2)c1. The third-order valence-corrected chi connectivity index (χ3v) is 5.36. The molecule has 2 N–H and O–H groups in total. The number of rotatable bonds is 7. The Hall–Kier alpha value is -2.58. The number of nitrogens with one attached hydrogen (secondary N) is 2. The van der Waals surface area contributed by atoms with Crippen LogP contribution in [0.4, 0.5) is 0 Å². The summed E-state index contributed by atoms with van der Waals surface area (Å²) in [6, 6.07) is 12.9. The van der Waals surface area contributed by atoms with Gasteiger partial charge in [0.05, 0.1) is 25.3 Å². The Morgan fingerprint density at radius 1 is 1.20 bits per heavy atom. The van der Waals surface area contributed by atoms with E-state index in [-0.39, 0.29) is 5.97 Å². The molecule has 1 aliphatic rings. The Morgan fingerprint density at radius 2 is 1.93 bits per heavy atom. The highest BCUT2D eigenvalue weighted by molar-refractivity contribution is 9.10. The summed E-state index contributed by atoms with van der Waals surface area (Å²) in [5.74, 6) is 1.06. The van der Waals surface area contributed by atoms with Crippen molar-refractivity contribution in [2.75, 3.05) is 13.7 Å². The maximum atomic E-state index is 12.6. The second-order valence-corrected chi connectivity index (χ2v) is 7.93. The zero-order valence-electron chi connectivity index (χ0n) is 17.0. The van der Waals surface area contributed by atoms with Gasteiger partial charge in [-0.1, -0.05) is 22.0 Å². The first-order chi connectivity index (χ1) is 14.4. The summed E-state index contributed by atoms with van der Waals surface area (Å²) in [5, 5.41) is 6.63. The summed E-state index contributed by atoms with van der Waals surface area (Å²) in [7, 11) is 1.62. The van der Waals surface area contributed by atoms with E-state index in [1.165, 1.54) is 0 Å². The van der Waals surface area contributed by atoms with E-state index in [0.29, 0.717) is 35.3 Å². The first-order valence-corrected chi connectivity index (χ1v) is 10.6. The van der Waals surface area contributed by atoms with Crippen LogP contribution in [-0.2, 0) is 16.1 Å². The fraction of sp³-hybridized carbons (Fsp3) is 0.273. The zero-order valence-corrected chi connectivity index (χ0v) is 19.4. The number of allylic oxidation sites excluding steroid dienone is 1. The van der Waals surface area contributed by atoms with Crippen molar-refractivity contribution in [2.24, 2.45) is 0 Å². The van der Waals surface area contributed by atoms with Crippen LogP contribution >= 0.6 is 28.1 Å². The third-order valence-electron chi connectivity index (χ3n) is 4.61. The van der Waals surface area contributed by atoms with E-state index < -0.39 is 6.04 Å². The van der Waals surface area contributed by atoms with E-state index in [4.69, 9.17) is 26.4 Å². The molecule has 0 amide bonds. The molecule has 2 aromatic carbocycles. The third kappa shape index (κ3) is 5.12. The number of halogens is 1. The van der Waals surface area contributed by atoms with Gasteiger partial charge in [-0.25, -0.2) is 4.79 Å². The van der Waals surface area contributed by atoms with Crippen molar-refractivity contribution in [1.29, 1.82) is 0 Å². The first kappa shape index (κ1) is 22.1. The van der Waals surface area contributed by atoms with E-state index in [2.05, 4.69) is 26.6 Å². The van der Waals surface area contributed by atoms with Crippen molar-refractivity contribution >= 4 is 39.2 Å². The molecule has 0 spiro atoms. The normalized spacial score (nSPS) is 15.9. The average Bonchev–Trinajstić information content (AvgIpc) is 2.72. The highest BCUT2D eigenvalue weighted by atomic mass is 79.9. The minimum absolute atomic E-state index is 0.293. The van der Waals surface area contributed by atoms with Gasteiger partial charge in [-0.3, -0.25) is 0 Å². The molecule has 30 heavy (non-hydrogen) atoms. The van der Waals surface area contributed by atoms with Gasteiger partial charge in [-0.2, -0.15) is 0 Å². The number of thiocarbonyl (C=S) groups is 1. The van der Waals surface area contributed by atoms with Crippen molar-refractivity contribution < 1.29 is 19.0 Å². The summed E-state index contributed by atoms with van der Waals surface area (Å²) in [6.45, 7) is 4.20. The molecule has 0 bridgehead atoms. The largest absolute Gasteiger partial charge is 0.496 e. The van der Waals surface area contributed by atoms with Gasteiger partial charge in [0.1, 0.15) is 18.1 Å². The van der Waals surface area contributed by atoms with Gasteiger partial charge >= 0.3 is 5.97 Å². The summed E-state index contributed by atoms with van der Waals surface area (Å²) >= 11 is 8.72. The molecule has 0 fully saturated rings. The van der Waals surface area contributed by atoms with Crippen LogP contribution in [0.15, 0.2) is 58.2 Å². The van der Waals surface area contributed by atoms with Gasteiger partial charge in [-0.05, 0) is 68.0 Å². The van der Waals surface area contributed by atoms with Gasteiger partial charge in [0.15, 0.2) is 5.11 Å². The van der Waals surface area contributed by atoms with Crippen molar-refractivity contribution in [1.82, 2.24) is 10.6 Å². The molecule has 3 rings (SSSR count). The lowest BCUT2D eigenvalue weighted by Crippen LogP contribution is -2.45. The number of benzene rings is 2. The lowest BCUT2D eigenvalue weighted by Gasteiger charge is -2.30. The summed E-state index contributed by atoms with van der Waals surface area (Å²) in [5.41, 5.74) is 2.88. The number of methoxy groups -OCH3 is 1. The number of carbonyl (C=O) groups excluding carboxylic acids is 1. The first-order valence-electron chi connectivity index (χ1n) is 9.43. The maximum absolute atomic E-state index is 12.6. The summed E-state index contributed by atoms with van der Waals surface area (Å²) in [6.07, 6.45) is 0. The molecule has 0 unspecified atom stereocenters. The average molecular weight is 491 g/mol. The molecule has 1 aliphatic heterocycles. The Labute approximate surface area is 189 Å². The lowest BCUT2D eigenvalue weighted by atomic mass is 9.94. The van der Waals surface area contributed by atoms with Crippen LogP contribution in [0.25, 0.3) is 0 Å². The van der Waals surface area contributed by atoms with Crippen LogP contribution in [0.1, 0.15) is 31.0 Å². The number of carbonyl (C=O) groups is 1. The number of hydrogen-bond acceptors (Lipinski definition) is 5. The monoisotopic (exact) mass is 490 g/mol. The molecule has 0 saturated heterocycles. The van der Waals surface area contributed by atoms with E-state index in [0.717, 1.165) is 21.3 Å². The van der Waals surface area contributed by atoms with E-state index in [1.807, 2.05) is 49.4 Å². The summed E-state index contributed by atoms with van der Waals surface area (Å²) in [4.78, 5) is 12.6. The molecule has 158 valence electrons. The quantitative estimate of drug-likeness (QED) is 0.440. The van der Waals surface area contributed by atoms with Crippen molar-refractivity contribution in [3.8, 4) is 11.5 Å². The van der Waals surface area contributed by atoms with Crippen LogP contribution in [-0.4, -0.2) is 24.8 Å². The van der Waals surface area contributed by atoms with Crippen molar-refractivity contribution in [3.63, 3.8) is 0 Å². The van der Waals surface area contributed by atoms with E-state index in [9.17, 15) is 4.79 Å². The standard InChI is InChI=1S/C22H23BrN2O4S/c1-4-28-21(26)19-13(2)24-22(30)25-20(19)14-5-10-18(27-3)15(11-14)12-29-17-8-6-16(23)7-9-17/h5-11,20H,4,12H2,1-3H3,(H2,24,25,30)/t20-/m0/s1. The highest BCUT2D eigenvalue weighted by Crippen LogP contribution is 2.31. The number of esters is 1.